The van der Waals surface area contributed by atoms with Crippen molar-refractivity contribution in [3.8, 4) is 11.8 Å². The summed E-state index contributed by atoms with van der Waals surface area (Å²) in [5.74, 6) is 2.25. The molecule has 0 aliphatic carbocycles. The third-order valence-corrected chi connectivity index (χ3v) is 3.91. The van der Waals surface area contributed by atoms with E-state index in [1.165, 1.54) is 6.07 Å². The van der Waals surface area contributed by atoms with Crippen LogP contribution in [0.4, 0.5) is 14.5 Å². The van der Waals surface area contributed by atoms with Crippen LogP contribution in [0.25, 0.3) is 10.9 Å². The third kappa shape index (κ3) is 2.99. The molecule has 3 rings (SSSR count). The van der Waals surface area contributed by atoms with Gasteiger partial charge >= 0.3 is 5.97 Å². The zero-order valence-electron chi connectivity index (χ0n) is 12.5. The molecule has 1 aromatic carbocycles. The number of carboxylic acids is 1. The van der Waals surface area contributed by atoms with Crippen molar-refractivity contribution in [1.29, 1.82) is 0 Å². The molecule has 126 valence electrons. The van der Waals surface area contributed by atoms with Crippen molar-refractivity contribution in [3.05, 3.63) is 58.0 Å². The topological polar surface area (TPSA) is 92.0 Å². The highest BCUT2D eigenvalue weighted by Crippen LogP contribution is 2.27. The van der Waals surface area contributed by atoms with E-state index < -0.39 is 34.0 Å². The Kier molecular flexibility index (Phi) is 4.30. The van der Waals surface area contributed by atoms with E-state index in [-0.39, 0.29) is 17.7 Å². The number of H-pyrrole nitrogens is 1. The van der Waals surface area contributed by atoms with Gasteiger partial charge in [0, 0.05) is 11.6 Å². The number of benzene rings is 1. The second kappa shape index (κ2) is 6.42. The lowest BCUT2D eigenvalue weighted by atomic mass is 10.1. The maximum Gasteiger partial charge on any atom is 0.356 e. The van der Waals surface area contributed by atoms with E-state index in [1.807, 2.05) is 0 Å². The molecule has 0 bridgehead atoms. The predicted octanol–water partition coefficient (Wildman–Crippen LogP) is 3.37. The van der Waals surface area contributed by atoms with E-state index in [4.69, 9.17) is 22.4 Å². The highest BCUT2D eigenvalue weighted by atomic mass is 35.5. The Morgan fingerprint density at radius 1 is 1.32 bits per heavy atom. The first kappa shape index (κ1) is 16.7. The van der Waals surface area contributed by atoms with Crippen molar-refractivity contribution in [1.82, 2.24) is 9.97 Å². The van der Waals surface area contributed by atoms with E-state index in [9.17, 15) is 13.6 Å². The number of rotatable bonds is 2. The highest BCUT2D eigenvalue weighted by Gasteiger charge is 2.20. The average molecular weight is 362 g/mol. The van der Waals surface area contributed by atoms with Crippen LogP contribution in [0.3, 0.4) is 0 Å². The summed E-state index contributed by atoms with van der Waals surface area (Å²) in [6.07, 6.45) is 1.35. The molecular weight excluding hydrogens is 352 g/mol. The fourth-order valence-electron chi connectivity index (χ4n) is 2.28. The second-order valence-corrected chi connectivity index (χ2v) is 5.48. The highest BCUT2D eigenvalue weighted by molar-refractivity contribution is 6.35. The van der Waals surface area contributed by atoms with E-state index in [0.717, 1.165) is 0 Å². The molecule has 5 nitrogen and oxygen atoms in total. The molecule has 0 unspecified atom stereocenters. The molecule has 2 aromatic heterocycles. The van der Waals surface area contributed by atoms with Gasteiger partial charge in [-0.25, -0.2) is 18.6 Å². The summed E-state index contributed by atoms with van der Waals surface area (Å²) in [6.45, 7) is 0. The van der Waals surface area contributed by atoms with Gasteiger partial charge in [0.05, 0.1) is 33.9 Å². The Bertz CT molecular complexity index is 1070. The van der Waals surface area contributed by atoms with Gasteiger partial charge in [-0.15, -0.1) is 0 Å². The molecule has 0 saturated heterocycles. The van der Waals surface area contributed by atoms with Crippen molar-refractivity contribution < 1.29 is 18.7 Å². The number of aromatic carboxylic acids is 1. The van der Waals surface area contributed by atoms with E-state index in [2.05, 4.69) is 21.8 Å². The van der Waals surface area contributed by atoms with Gasteiger partial charge in [0.15, 0.2) is 17.3 Å². The standard InChI is InChI=1S/C17H10ClF2N3O2/c18-11-14(21)13(20)10(23-16(11)17(24)25)3-1-2-8-4-5-9-6-7-22-15(9)12(8)19/h4-7,22H,3H2,(H2,21,23)(H,24,25). The van der Waals surface area contributed by atoms with E-state index in [1.54, 1.807) is 18.3 Å². The van der Waals surface area contributed by atoms with Crippen LogP contribution in [0.5, 0.6) is 0 Å². The molecule has 2 heterocycles. The lowest BCUT2D eigenvalue weighted by Crippen LogP contribution is -2.10. The number of hydrogen-bond acceptors (Lipinski definition) is 3. The maximum absolute atomic E-state index is 14.3. The average Bonchev–Trinajstić information content (AvgIpc) is 3.06. The summed E-state index contributed by atoms with van der Waals surface area (Å²) in [7, 11) is 0. The Morgan fingerprint density at radius 2 is 2.08 bits per heavy atom. The number of pyridine rings is 1. The zero-order valence-corrected chi connectivity index (χ0v) is 13.3. The lowest BCUT2D eigenvalue weighted by Gasteiger charge is -2.07. The molecule has 0 amide bonds. The minimum atomic E-state index is -1.44. The van der Waals surface area contributed by atoms with E-state index >= 15 is 0 Å². The van der Waals surface area contributed by atoms with Gasteiger partial charge < -0.3 is 15.8 Å². The Labute approximate surface area is 145 Å². The smallest absolute Gasteiger partial charge is 0.356 e. The minimum absolute atomic E-state index is 0.121. The summed E-state index contributed by atoms with van der Waals surface area (Å²) in [6, 6.07) is 4.92. The minimum Gasteiger partial charge on any atom is -0.476 e. The van der Waals surface area contributed by atoms with Crippen LogP contribution in [0.1, 0.15) is 21.7 Å². The molecule has 0 saturated carbocycles. The summed E-state index contributed by atoms with van der Waals surface area (Å²) in [5, 5.41) is 9.24. The molecule has 4 N–H and O–H groups in total. The molecule has 0 spiro atoms. The fourth-order valence-corrected chi connectivity index (χ4v) is 2.49. The van der Waals surface area contributed by atoms with E-state index in [0.29, 0.717) is 10.9 Å². The predicted molar refractivity (Wildman–Crippen MR) is 89.4 cm³/mol. The Balaban J connectivity index is 1.95. The zero-order chi connectivity index (χ0) is 18.1. The van der Waals surface area contributed by atoms with Crippen LogP contribution in [-0.4, -0.2) is 21.0 Å². The number of anilines is 1. The first-order chi connectivity index (χ1) is 11.9. The van der Waals surface area contributed by atoms with Crippen LogP contribution in [-0.2, 0) is 6.42 Å². The fraction of sp³-hybridized carbons (Fsp3) is 0.0588. The number of hydrogen-bond donors (Lipinski definition) is 3. The number of aromatic amines is 1. The van der Waals surface area contributed by atoms with Gasteiger partial charge in [-0.1, -0.05) is 29.5 Å². The SMILES string of the molecule is Nc1c(F)c(CC#Cc2ccc3cc[nH]c3c2F)nc(C(=O)O)c1Cl. The first-order valence-electron chi connectivity index (χ1n) is 7.01. The molecule has 25 heavy (non-hydrogen) atoms. The molecule has 0 radical (unpaired) electrons. The largest absolute Gasteiger partial charge is 0.476 e. The molecule has 0 aliphatic rings. The number of fused-ring (bicyclic) bond motifs is 1. The Morgan fingerprint density at radius 3 is 2.80 bits per heavy atom. The van der Waals surface area contributed by atoms with Gasteiger partial charge in [-0.05, 0) is 12.1 Å². The van der Waals surface area contributed by atoms with Crippen molar-refractivity contribution >= 4 is 34.2 Å². The number of nitrogen functional groups attached to an aromatic ring is 1. The second-order valence-electron chi connectivity index (χ2n) is 5.10. The summed E-state index contributed by atoms with van der Waals surface area (Å²) in [4.78, 5) is 17.5. The van der Waals surface area contributed by atoms with Crippen molar-refractivity contribution in [2.24, 2.45) is 0 Å². The summed E-state index contributed by atoms with van der Waals surface area (Å²) < 4.78 is 28.3. The number of aromatic nitrogens is 2. The molecule has 3 aromatic rings. The number of nitrogens with zero attached hydrogens (tertiary/aromatic N) is 1. The van der Waals surface area contributed by atoms with Crippen LogP contribution in [0.2, 0.25) is 5.02 Å². The molecule has 0 aliphatic heterocycles. The van der Waals surface area contributed by atoms with Crippen LogP contribution < -0.4 is 5.73 Å². The molecular formula is C17H10ClF2N3O2. The summed E-state index contributed by atoms with van der Waals surface area (Å²) in [5.41, 5.74) is 4.56. The van der Waals surface area contributed by atoms with Crippen molar-refractivity contribution in [3.63, 3.8) is 0 Å². The quantitative estimate of drug-likeness (QED) is 0.610. The van der Waals surface area contributed by atoms with Crippen LogP contribution in [0.15, 0.2) is 24.4 Å². The van der Waals surface area contributed by atoms with Gasteiger partial charge in [-0.2, -0.15) is 0 Å². The van der Waals surface area contributed by atoms with Crippen molar-refractivity contribution in [2.45, 2.75) is 6.42 Å². The number of nitrogens with one attached hydrogen (secondary N) is 1. The monoisotopic (exact) mass is 361 g/mol. The molecule has 0 fully saturated rings. The van der Waals surface area contributed by atoms with Crippen molar-refractivity contribution in [2.75, 3.05) is 5.73 Å². The Hall–Kier alpha value is -3.11. The molecule has 8 heteroatoms. The van der Waals surface area contributed by atoms with Gasteiger partial charge in [-0.3, -0.25) is 0 Å². The number of carboxylic acid groups (broad SMARTS) is 1. The normalized spacial score (nSPS) is 10.5. The van der Waals surface area contributed by atoms with Gasteiger partial charge in [0.25, 0.3) is 0 Å². The summed E-state index contributed by atoms with van der Waals surface area (Å²) >= 11 is 5.66. The van der Waals surface area contributed by atoms with Crippen LogP contribution in [0, 0.1) is 23.5 Å². The number of carbonyl (C=O) groups is 1. The number of halogens is 3. The number of nitrogens with two attached hydrogens (primary N) is 1. The van der Waals surface area contributed by atoms with Crippen LogP contribution >= 0.6 is 11.6 Å². The molecule has 0 atom stereocenters. The van der Waals surface area contributed by atoms with Gasteiger partial charge in [0.1, 0.15) is 0 Å². The third-order valence-electron chi connectivity index (χ3n) is 3.53. The maximum atomic E-state index is 14.3. The van der Waals surface area contributed by atoms with Gasteiger partial charge in [0.2, 0.25) is 0 Å². The lowest BCUT2D eigenvalue weighted by molar-refractivity contribution is 0.0690. The first-order valence-corrected chi connectivity index (χ1v) is 7.39.